The van der Waals surface area contributed by atoms with Crippen molar-refractivity contribution < 1.29 is 22.7 Å². The van der Waals surface area contributed by atoms with Crippen molar-refractivity contribution in [1.82, 2.24) is 0 Å². The van der Waals surface area contributed by atoms with Gasteiger partial charge >= 0.3 is 0 Å². The molecule has 5 rings (SSSR count). The maximum absolute atomic E-state index is 13.5. The average Bonchev–Trinajstić information content (AvgIpc) is 2.88. The van der Waals surface area contributed by atoms with E-state index in [4.69, 9.17) is 9.47 Å². The first-order chi connectivity index (χ1) is 16.5. The maximum Gasteiger partial charge on any atom is 0.267 e. The normalized spacial score (nSPS) is 15.3. The second-order valence-corrected chi connectivity index (χ2v) is 9.66. The Morgan fingerprint density at radius 1 is 0.941 bits per heavy atom. The molecule has 172 valence electrons. The van der Waals surface area contributed by atoms with E-state index in [0.29, 0.717) is 22.9 Å². The van der Waals surface area contributed by atoms with E-state index >= 15 is 0 Å². The lowest BCUT2D eigenvalue weighted by Gasteiger charge is -2.34. The molecule has 1 N–H and O–H groups in total. The van der Waals surface area contributed by atoms with Gasteiger partial charge in [-0.25, -0.2) is 8.42 Å². The fourth-order valence-corrected chi connectivity index (χ4v) is 5.46. The number of hydrogen-bond acceptors (Lipinski definition) is 5. The van der Waals surface area contributed by atoms with Crippen LogP contribution >= 0.6 is 0 Å². The summed E-state index contributed by atoms with van der Waals surface area (Å²) in [6.45, 7) is -0.165. The molecule has 0 spiro atoms. The molecular weight excluding hydrogens is 452 g/mol. The molecule has 0 aromatic heterocycles. The number of amides is 1. The highest BCUT2D eigenvalue weighted by molar-refractivity contribution is 7.92. The molecule has 0 aliphatic carbocycles. The van der Waals surface area contributed by atoms with E-state index in [9.17, 15) is 13.2 Å². The zero-order chi connectivity index (χ0) is 23.7. The van der Waals surface area contributed by atoms with Crippen molar-refractivity contribution in [3.63, 3.8) is 0 Å². The molecule has 0 radical (unpaired) electrons. The number of sulfonamides is 1. The lowest BCUT2D eigenvalue weighted by molar-refractivity contribution is -0.122. The van der Waals surface area contributed by atoms with Gasteiger partial charge in [0, 0.05) is 11.1 Å². The van der Waals surface area contributed by atoms with Crippen LogP contribution in [0.15, 0.2) is 95.9 Å². The van der Waals surface area contributed by atoms with E-state index in [-0.39, 0.29) is 11.4 Å². The van der Waals surface area contributed by atoms with Crippen LogP contribution in [0.4, 0.5) is 11.4 Å². The van der Waals surface area contributed by atoms with Gasteiger partial charge in [0.2, 0.25) is 0 Å². The van der Waals surface area contributed by atoms with Crippen molar-refractivity contribution in [2.75, 3.05) is 23.3 Å². The quantitative estimate of drug-likeness (QED) is 0.462. The van der Waals surface area contributed by atoms with Crippen molar-refractivity contribution >= 4 is 38.1 Å². The molecule has 1 aliphatic heterocycles. The topological polar surface area (TPSA) is 84.9 Å². The fraction of sp³-hybridized carbons (Fsp3) is 0.115. The van der Waals surface area contributed by atoms with E-state index in [0.717, 1.165) is 10.8 Å². The monoisotopic (exact) mass is 474 g/mol. The highest BCUT2D eigenvalue weighted by atomic mass is 32.2. The van der Waals surface area contributed by atoms with Crippen molar-refractivity contribution in [1.29, 1.82) is 0 Å². The number of methoxy groups -OCH3 is 1. The molecule has 1 unspecified atom stereocenters. The van der Waals surface area contributed by atoms with Crippen molar-refractivity contribution in [2.45, 2.75) is 11.0 Å². The van der Waals surface area contributed by atoms with Gasteiger partial charge < -0.3 is 14.8 Å². The number of para-hydroxylation sites is 2. The number of nitrogens with zero attached hydrogens (tertiary/aromatic N) is 1. The Hall–Kier alpha value is -4.04. The molecule has 4 aromatic rings. The number of hydrogen-bond donors (Lipinski definition) is 1. The SMILES string of the molecule is COc1ccc(S(=O)(=O)N2CC(C(=O)Nc3cccc4ccccc34)Oc3ccccc32)cc1. The Morgan fingerprint density at radius 3 is 2.44 bits per heavy atom. The molecule has 0 bridgehead atoms. The summed E-state index contributed by atoms with van der Waals surface area (Å²) in [6, 6.07) is 26.3. The predicted molar refractivity (Wildman–Crippen MR) is 131 cm³/mol. The van der Waals surface area contributed by atoms with E-state index in [1.807, 2.05) is 42.5 Å². The van der Waals surface area contributed by atoms with Gasteiger partial charge in [0.15, 0.2) is 6.10 Å². The molecule has 0 saturated heterocycles. The summed E-state index contributed by atoms with van der Waals surface area (Å²) < 4.78 is 39.4. The summed E-state index contributed by atoms with van der Waals surface area (Å²) >= 11 is 0. The largest absolute Gasteiger partial charge is 0.497 e. The van der Waals surface area contributed by atoms with E-state index in [1.54, 1.807) is 36.4 Å². The number of fused-ring (bicyclic) bond motifs is 2. The van der Waals surface area contributed by atoms with Crippen LogP contribution in [0, 0.1) is 0 Å². The van der Waals surface area contributed by atoms with E-state index in [2.05, 4.69) is 5.32 Å². The lowest BCUT2D eigenvalue weighted by Crippen LogP contribution is -2.48. The highest BCUT2D eigenvalue weighted by Gasteiger charge is 2.37. The molecular formula is C26H22N2O5S. The number of nitrogens with one attached hydrogen (secondary N) is 1. The van der Waals surface area contributed by atoms with Crippen LogP contribution in [0.25, 0.3) is 10.8 Å². The van der Waals surface area contributed by atoms with Gasteiger partial charge in [-0.3, -0.25) is 9.10 Å². The summed E-state index contributed by atoms with van der Waals surface area (Å²) in [7, 11) is -2.44. The number of benzene rings is 4. The molecule has 1 amide bonds. The van der Waals surface area contributed by atoms with E-state index in [1.165, 1.54) is 23.5 Å². The van der Waals surface area contributed by atoms with Crippen LogP contribution in [0.2, 0.25) is 0 Å². The van der Waals surface area contributed by atoms with Crippen LogP contribution in [0.1, 0.15) is 0 Å². The number of carbonyl (C=O) groups is 1. The second kappa shape index (κ2) is 8.72. The first kappa shape index (κ1) is 21.8. The molecule has 1 aliphatic rings. The number of carbonyl (C=O) groups excluding carboxylic acids is 1. The summed E-state index contributed by atoms with van der Waals surface area (Å²) in [5, 5.41) is 4.78. The van der Waals surface area contributed by atoms with Crippen LogP contribution in [0.3, 0.4) is 0 Å². The summed E-state index contributed by atoms with van der Waals surface area (Å²) in [5.74, 6) is 0.443. The molecule has 8 heteroatoms. The summed E-state index contributed by atoms with van der Waals surface area (Å²) in [6.07, 6.45) is -1.04. The van der Waals surface area contributed by atoms with Crippen LogP contribution in [0.5, 0.6) is 11.5 Å². The standard InChI is InChI=1S/C26H22N2O5S/c1-32-19-13-15-20(16-14-19)34(30,31)28-17-25(33-24-12-5-4-11-23(24)28)26(29)27-22-10-6-8-18-7-2-3-9-21(18)22/h2-16,25H,17H2,1H3,(H,27,29). The minimum absolute atomic E-state index is 0.0956. The molecule has 0 saturated carbocycles. The Bertz CT molecular complexity index is 1460. The fourth-order valence-electron chi connectivity index (χ4n) is 3.99. The lowest BCUT2D eigenvalue weighted by atomic mass is 10.1. The van der Waals surface area contributed by atoms with Crippen LogP contribution in [-0.2, 0) is 14.8 Å². The summed E-state index contributed by atoms with van der Waals surface area (Å²) in [5.41, 5.74) is 1.02. The zero-order valence-electron chi connectivity index (χ0n) is 18.3. The smallest absolute Gasteiger partial charge is 0.267 e. The Balaban J connectivity index is 1.48. The van der Waals surface area contributed by atoms with Crippen molar-refractivity contribution in [3.05, 3.63) is 91.0 Å². The van der Waals surface area contributed by atoms with Gasteiger partial charge in [0.1, 0.15) is 11.5 Å². The predicted octanol–water partition coefficient (Wildman–Crippen LogP) is 4.44. The highest BCUT2D eigenvalue weighted by Crippen LogP contribution is 2.37. The van der Waals surface area contributed by atoms with Crippen molar-refractivity contribution in [3.8, 4) is 11.5 Å². The molecule has 1 atom stereocenters. The second-order valence-electron chi connectivity index (χ2n) is 7.80. The van der Waals surface area contributed by atoms with Gasteiger partial charge in [-0.2, -0.15) is 0 Å². The third-order valence-corrected chi connectivity index (χ3v) is 7.52. The Kier molecular flexibility index (Phi) is 5.59. The minimum atomic E-state index is -3.96. The summed E-state index contributed by atoms with van der Waals surface area (Å²) in [4.78, 5) is 13.3. The third kappa shape index (κ3) is 3.92. The Morgan fingerprint density at radius 2 is 1.65 bits per heavy atom. The third-order valence-electron chi connectivity index (χ3n) is 5.72. The van der Waals surface area contributed by atoms with Crippen LogP contribution in [-0.4, -0.2) is 34.1 Å². The van der Waals surface area contributed by atoms with Gasteiger partial charge in [-0.05, 0) is 47.9 Å². The number of anilines is 2. The van der Waals surface area contributed by atoms with Crippen molar-refractivity contribution in [2.24, 2.45) is 0 Å². The molecule has 1 heterocycles. The minimum Gasteiger partial charge on any atom is -0.497 e. The van der Waals surface area contributed by atoms with Gasteiger partial charge in [-0.1, -0.05) is 48.5 Å². The van der Waals surface area contributed by atoms with Gasteiger partial charge in [0.25, 0.3) is 15.9 Å². The Labute approximate surface area is 197 Å². The first-order valence-corrected chi connectivity index (χ1v) is 12.1. The van der Waals surface area contributed by atoms with E-state index < -0.39 is 22.0 Å². The van der Waals surface area contributed by atoms with Gasteiger partial charge in [0.05, 0.1) is 24.2 Å². The molecule has 0 fully saturated rings. The van der Waals surface area contributed by atoms with Gasteiger partial charge in [-0.15, -0.1) is 0 Å². The average molecular weight is 475 g/mol. The zero-order valence-corrected chi connectivity index (χ0v) is 19.2. The molecule has 7 nitrogen and oxygen atoms in total. The first-order valence-electron chi connectivity index (χ1n) is 10.7. The van der Waals surface area contributed by atoms with Crippen LogP contribution < -0.4 is 19.1 Å². The number of ether oxygens (including phenoxy) is 2. The molecule has 4 aromatic carbocycles. The maximum atomic E-state index is 13.5. The molecule has 34 heavy (non-hydrogen) atoms. The number of rotatable bonds is 5.